The van der Waals surface area contributed by atoms with E-state index in [1.165, 1.54) is 6.07 Å². The van der Waals surface area contributed by atoms with E-state index in [0.717, 1.165) is 28.0 Å². The normalized spacial score (nSPS) is 10.4. The summed E-state index contributed by atoms with van der Waals surface area (Å²) in [7, 11) is 1.56. The van der Waals surface area contributed by atoms with Crippen LogP contribution in [0.15, 0.2) is 71.6 Å². The summed E-state index contributed by atoms with van der Waals surface area (Å²) in [5, 5.41) is 2.55. The second-order valence-corrected chi connectivity index (χ2v) is 7.17. The van der Waals surface area contributed by atoms with Gasteiger partial charge >= 0.3 is 0 Å². The van der Waals surface area contributed by atoms with Crippen LogP contribution in [0.3, 0.4) is 0 Å². The molecule has 0 radical (unpaired) electrons. The third kappa shape index (κ3) is 5.01. The van der Waals surface area contributed by atoms with E-state index in [9.17, 15) is 14.0 Å². The maximum atomic E-state index is 14.5. The van der Waals surface area contributed by atoms with Crippen molar-refractivity contribution in [1.29, 1.82) is 0 Å². The molecule has 0 aliphatic heterocycles. The SMILES string of the molecule is CNC(=O)c1cccc(SNNC(=O)c2cc(-c3ccccc3)cc(C)c2F)c1. The zero-order valence-corrected chi connectivity index (χ0v) is 16.8. The zero-order valence-electron chi connectivity index (χ0n) is 16.0. The van der Waals surface area contributed by atoms with E-state index >= 15 is 0 Å². The first kappa shape index (κ1) is 20.6. The van der Waals surface area contributed by atoms with Crippen LogP contribution in [0.25, 0.3) is 11.1 Å². The molecule has 0 aliphatic rings. The van der Waals surface area contributed by atoms with Gasteiger partial charge in [-0.15, -0.1) is 0 Å². The molecule has 0 atom stereocenters. The fourth-order valence-corrected chi connectivity index (χ4v) is 3.37. The Bertz CT molecular complexity index is 1040. The van der Waals surface area contributed by atoms with Crippen LogP contribution in [0, 0.1) is 12.7 Å². The van der Waals surface area contributed by atoms with Gasteiger partial charge in [0.25, 0.3) is 11.8 Å². The van der Waals surface area contributed by atoms with Crippen molar-refractivity contribution < 1.29 is 14.0 Å². The van der Waals surface area contributed by atoms with Gasteiger partial charge in [-0.2, -0.15) is 4.83 Å². The van der Waals surface area contributed by atoms with Crippen LogP contribution in [-0.4, -0.2) is 18.9 Å². The Morgan fingerprint density at radius 1 is 0.897 bits per heavy atom. The molecule has 3 N–H and O–H groups in total. The Balaban J connectivity index is 1.71. The van der Waals surface area contributed by atoms with Gasteiger partial charge in [-0.1, -0.05) is 36.4 Å². The lowest BCUT2D eigenvalue weighted by molar-refractivity contribution is 0.0939. The Morgan fingerprint density at radius 2 is 1.66 bits per heavy atom. The summed E-state index contributed by atoms with van der Waals surface area (Å²) >= 11 is 1.11. The molecule has 0 unspecified atom stereocenters. The second-order valence-electron chi connectivity index (χ2n) is 6.29. The number of hydrogen-bond acceptors (Lipinski definition) is 4. The number of rotatable bonds is 6. The Labute approximate surface area is 172 Å². The van der Waals surface area contributed by atoms with Crippen molar-refractivity contribution in [3.63, 3.8) is 0 Å². The van der Waals surface area contributed by atoms with Gasteiger partial charge in [-0.3, -0.25) is 15.0 Å². The highest BCUT2D eigenvalue weighted by molar-refractivity contribution is 7.97. The molecule has 0 aromatic heterocycles. The lowest BCUT2D eigenvalue weighted by Gasteiger charge is -2.11. The number of amides is 2. The van der Waals surface area contributed by atoms with Gasteiger partial charge in [0.2, 0.25) is 0 Å². The summed E-state index contributed by atoms with van der Waals surface area (Å²) in [5.41, 5.74) is 5.00. The summed E-state index contributed by atoms with van der Waals surface area (Å²) in [5.74, 6) is -1.35. The van der Waals surface area contributed by atoms with E-state index in [0.29, 0.717) is 11.1 Å². The van der Waals surface area contributed by atoms with Gasteiger partial charge in [0.15, 0.2) is 0 Å². The highest BCUT2D eigenvalue weighted by atomic mass is 32.2. The lowest BCUT2D eigenvalue weighted by Crippen LogP contribution is -2.33. The number of hydrazine groups is 1. The largest absolute Gasteiger partial charge is 0.355 e. The number of halogens is 1. The topological polar surface area (TPSA) is 70.2 Å². The van der Waals surface area contributed by atoms with E-state index < -0.39 is 11.7 Å². The van der Waals surface area contributed by atoms with Crippen LogP contribution in [0.2, 0.25) is 0 Å². The molecule has 5 nitrogen and oxygen atoms in total. The standard InChI is InChI=1S/C22H20FN3O2S/c1-14-11-17(15-7-4-3-5-8-15)13-19(20(14)23)22(28)25-26-29-18-10-6-9-16(12-18)21(27)24-2/h3-13,26H,1-2H3,(H,24,27)(H,25,28). The molecule has 29 heavy (non-hydrogen) atoms. The molecule has 2 amide bonds. The highest BCUT2D eigenvalue weighted by Gasteiger charge is 2.16. The number of benzene rings is 3. The highest BCUT2D eigenvalue weighted by Crippen LogP contribution is 2.25. The molecule has 148 valence electrons. The van der Waals surface area contributed by atoms with Crippen molar-refractivity contribution in [2.75, 3.05) is 7.05 Å². The average Bonchev–Trinajstić information content (AvgIpc) is 2.75. The van der Waals surface area contributed by atoms with Gasteiger partial charge in [-0.25, -0.2) is 4.39 Å². The predicted molar refractivity (Wildman–Crippen MR) is 113 cm³/mol. The van der Waals surface area contributed by atoms with Crippen LogP contribution in [-0.2, 0) is 0 Å². The molecule has 0 spiro atoms. The van der Waals surface area contributed by atoms with Crippen molar-refractivity contribution in [2.45, 2.75) is 11.8 Å². The van der Waals surface area contributed by atoms with E-state index in [2.05, 4.69) is 15.6 Å². The number of carbonyl (C=O) groups excluding carboxylic acids is 2. The third-order valence-corrected chi connectivity index (χ3v) is 4.96. The average molecular weight is 409 g/mol. The molecule has 3 rings (SSSR count). The predicted octanol–water partition coefficient (Wildman–Crippen LogP) is 4.10. The smallest absolute Gasteiger partial charge is 0.269 e. The van der Waals surface area contributed by atoms with Crippen LogP contribution in [0.5, 0.6) is 0 Å². The van der Waals surface area contributed by atoms with Crippen molar-refractivity contribution in [3.8, 4) is 11.1 Å². The molecule has 0 fully saturated rings. The van der Waals surface area contributed by atoms with Crippen molar-refractivity contribution in [2.24, 2.45) is 0 Å². The molecule has 3 aromatic rings. The molecular formula is C22H20FN3O2S. The summed E-state index contributed by atoms with van der Waals surface area (Å²) in [6, 6.07) is 19.6. The van der Waals surface area contributed by atoms with E-state index in [4.69, 9.17) is 0 Å². The fourth-order valence-electron chi connectivity index (χ4n) is 2.78. The number of aryl methyl sites for hydroxylation is 1. The van der Waals surface area contributed by atoms with Gasteiger partial charge in [-0.05, 0) is 65.9 Å². The first-order valence-corrected chi connectivity index (χ1v) is 9.71. The molecule has 0 aliphatic carbocycles. The summed E-state index contributed by atoms with van der Waals surface area (Å²) in [6.07, 6.45) is 0. The Kier molecular flexibility index (Phi) is 6.64. The first-order valence-electron chi connectivity index (χ1n) is 8.89. The van der Waals surface area contributed by atoms with Crippen molar-refractivity contribution in [1.82, 2.24) is 15.6 Å². The summed E-state index contributed by atoms with van der Waals surface area (Å²) in [6.45, 7) is 1.63. The zero-order chi connectivity index (χ0) is 20.8. The minimum Gasteiger partial charge on any atom is -0.355 e. The van der Waals surface area contributed by atoms with Crippen LogP contribution in [0.4, 0.5) is 4.39 Å². The lowest BCUT2D eigenvalue weighted by atomic mass is 9.99. The van der Waals surface area contributed by atoms with E-state index in [1.807, 2.05) is 30.3 Å². The minimum atomic E-state index is -0.585. The Hall–Kier alpha value is -3.16. The van der Waals surface area contributed by atoms with Gasteiger partial charge in [0.05, 0.1) is 5.56 Å². The number of nitrogens with one attached hydrogen (secondary N) is 3. The van der Waals surface area contributed by atoms with E-state index in [-0.39, 0.29) is 11.5 Å². The maximum absolute atomic E-state index is 14.5. The first-order chi connectivity index (χ1) is 14.0. The monoisotopic (exact) mass is 409 g/mol. The number of hydrogen-bond donors (Lipinski definition) is 3. The van der Waals surface area contributed by atoms with Gasteiger partial charge in [0.1, 0.15) is 5.82 Å². The number of carbonyl (C=O) groups is 2. The van der Waals surface area contributed by atoms with Gasteiger partial charge in [0, 0.05) is 17.5 Å². The summed E-state index contributed by atoms with van der Waals surface area (Å²) in [4.78, 5) is 27.7. The van der Waals surface area contributed by atoms with Crippen molar-refractivity contribution in [3.05, 3.63) is 89.2 Å². The van der Waals surface area contributed by atoms with Crippen LogP contribution in [0.1, 0.15) is 26.3 Å². The molecule has 0 bridgehead atoms. The second kappa shape index (κ2) is 9.36. The quantitative estimate of drug-likeness (QED) is 0.423. The third-order valence-electron chi connectivity index (χ3n) is 4.26. The van der Waals surface area contributed by atoms with Crippen LogP contribution < -0.4 is 15.6 Å². The fraction of sp³-hybridized carbons (Fsp3) is 0.0909. The van der Waals surface area contributed by atoms with Crippen molar-refractivity contribution >= 4 is 23.8 Å². The molecule has 0 heterocycles. The molecule has 0 saturated heterocycles. The summed E-state index contributed by atoms with van der Waals surface area (Å²) < 4.78 is 14.5. The molecule has 7 heteroatoms. The Morgan fingerprint density at radius 3 is 2.38 bits per heavy atom. The molecule has 3 aromatic carbocycles. The van der Waals surface area contributed by atoms with E-state index in [1.54, 1.807) is 44.3 Å². The maximum Gasteiger partial charge on any atom is 0.269 e. The molecular weight excluding hydrogens is 389 g/mol. The van der Waals surface area contributed by atoms with Crippen LogP contribution >= 0.6 is 11.9 Å². The molecule has 0 saturated carbocycles. The van der Waals surface area contributed by atoms with Gasteiger partial charge < -0.3 is 5.32 Å². The minimum absolute atomic E-state index is 0.0453.